The lowest BCUT2D eigenvalue weighted by Crippen LogP contribution is -2.63. The predicted molar refractivity (Wildman–Crippen MR) is 131 cm³/mol. The molecule has 4 saturated carbocycles. The molecule has 0 unspecified atom stereocenters. The van der Waals surface area contributed by atoms with Gasteiger partial charge in [-0.3, -0.25) is 0 Å². The first-order valence-electron chi connectivity index (χ1n) is 13.6. The molecule has 1 heteroatoms. The van der Waals surface area contributed by atoms with Crippen molar-refractivity contribution < 1.29 is 5.11 Å². The normalized spacial score (nSPS) is 55.2. The number of hydrogen-bond acceptors (Lipinski definition) is 1. The second-order valence-electron chi connectivity index (χ2n) is 15.2. The van der Waals surface area contributed by atoms with Crippen molar-refractivity contribution >= 4 is 0 Å². The summed E-state index contributed by atoms with van der Waals surface area (Å²) in [6.07, 6.45) is 15.9. The van der Waals surface area contributed by atoms with Crippen molar-refractivity contribution in [1.29, 1.82) is 0 Å². The van der Waals surface area contributed by atoms with Crippen LogP contribution in [0.5, 0.6) is 0 Å². The molecule has 176 valence electrons. The number of rotatable bonds is 0. The molecule has 31 heavy (non-hydrogen) atoms. The summed E-state index contributed by atoms with van der Waals surface area (Å²) in [5, 5.41) is 10.9. The van der Waals surface area contributed by atoms with Crippen LogP contribution in [0.1, 0.15) is 120 Å². The van der Waals surface area contributed by atoms with Crippen LogP contribution in [0.25, 0.3) is 0 Å². The number of aliphatic hydroxyl groups excluding tert-OH is 1. The van der Waals surface area contributed by atoms with Crippen molar-refractivity contribution in [2.24, 2.45) is 50.2 Å². The molecule has 5 aliphatic rings. The average molecular weight is 427 g/mol. The maximum Gasteiger partial charge on any atom is 0.0594 e. The van der Waals surface area contributed by atoms with E-state index in [0.717, 1.165) is 18.3 Å². The first-order valence-corrected chi connectivity index (χ1v) is 13.6. The summed E-state index contributed by atoms with van der Waals surface area (Å²) in [6, 6.07) is 0. The van der Waals surface area contributed by atoms with Crippen LogP contribution < -0.4 is 0 Å². The second-order valence-corrected chi connectivity index (χ2v) is 15.2. The maximum atomic E-state index is 10.9. The van der Waals surface area contributed by atoms with Gasteiger partial charge < -0.3 is 5.11 Å². The number of hydrogen-bond donors (Lipinski definition) is 1. The topological polar surface area (TPSA) is 20.2 Å². The van der Waals surface area contributed by atoms with Gasteiger partial charge in [0, 0.05) is 0 Å². The molecule has 0 bridgehead atoms. The molecule has 1 nitrogen and oxygen atoms in total. The van der Waals surface area contributed by atoms with E-state index in [9.17, 15) is 5.11 Å². The van der Waals surface area contributed by atoms with Crippen molar-refractivity contribution in [3.63, 3.8) is 0 Å². The zero-order valence-electron chi connectivity index (χ0n) is 21.9. The summed E-state index contributed by atoms with van der Waals surface area (Å²) >= 11 is 0. The molecule has 0 aromatic rings. The fraction of sp³-hybridized carbons (Fsp3) is 0.933. The van der Waals surface area contributed by atoms with Crippen molar-refractivity contribution in [1.82, 2.24) is 0 Å². The highest BCUT2D eigenvalue weighted by molar-refractivity contribution is 5.33. The molecule has 5 aliphatic carbocycles. The Hall–Kier alpha value is -0.300. The van der Waals surface area contributed by atoms with Crippen molar-refractivity contribution in [3.8, 4) is 0 Å². The van der Waals surface area contributed by atoms with Crippen molar-refractivity contribution in [2.45, 2.75) is 126 Å². The second kappa shape index (κ2) is 6.43. The molecular weight excluding hydrogens is 376 g/mol. The number of fused-ring (bicyclic) bond motifs is 7. The number of aliphatic hydroxyl groups is 1. The summed E-state index contributed by atoms with van der Waals surface area (Å²) in [5.41, 5.74) is 4.12. The Labute approximate surface area is 192 Å². The fourth-order valence-corrected chi connectivity index (χ4v) is 10.5. The lowest BCUT2D eigenvalue weighted by molar-refractivity contribution is -0.178. The monoisotopic (exact) mass is 426 g/mol. The van der Waals surface area contributed by atoms with E-state index in [1.165, 1.54) is 57.8 Å². The molecule has 0 saturated heterocycles. The van der Waals surface area contributed by atoms with Crippen LogP contribution in [0.3, 0.4) is 0 Å². The SMILES string of the molecule is CC1(C)CC[C@]2(C)CC[C@]3(C)C4=CC[C@H]5C(C)(C)[C@@H](O)CC[C@]5(C)[C@H]4CC[C@@]3(C)[C@@H]2C1. The first-order chi connectivity index (χ1) is 14.2. The summed E-state index contributed by atoms with van der Waals surface area (Å²) < 4.78 is 0. The fourth-order valence-electron chi connectivity index (χ4n) is 10.5. The highest BCUT2D eigenvalue weighted by Gasteiger charge is 2.67. The van der Waals surface area contributed by atoms with Gasteiger partial charge in [-0.05, 0) is 114 Å². The van der Waals surface area contributed by atoms with E-state index in [1.807, 2.05) is 5.57 Å². The quantitative estimate of drug-likeness (QED) is 0.387. The molecule has 1 N–H and O–H groups in total. The van der Waals surface area contributed by atoms with Gasteiger partial charge in [0.25, 0.3) is 0 Å². The van der Waals surface area contributed by atoms with Gasteiger partial charge >= 0.3 is 0 Å². The Morgan fingerprint density at radius 1 is 0.774 bits per heavy atom. The van der Waals surface area contributed by atoms with Crippen LogP contribution >= 0.6 is 0 Å². The highest BCUT2D eigenvalue weighted by Crippen LogP contribution is 2.75. The van der Waals surface area contributed by atoms with Crippen LogP contribution in [-0.4, -0.2) is 11.2 Å². The zero-order valence-corrected chi connectivity index (χ0v) is 21.9. The van der Waals surface area contributed by atoms with Crippen LogP contribution in [0.2, 0.25) is 0 Å². The van der Waals surface area contributed by atoms with Gasteiger partial charge in [-0.15, -0.1) is 0 Å². The number of allylic oxidation sites excluding steroid dienone is 2. The first kappa shape index (κ1) is 22.5. The Balaban J connectivity index is 1.57. The summed E-state index contributed by atoms with van der Waals surface area (Å²) in [4.78, 5) is 0. The van der Waals surface area contributed by atoms with Gasteiger partial charge in [0.15, 0.2) is 0 Å². The summed E-state index contributed by atoms with van der Waals surface area (Å²) in [5.74, 6) is 2.21. The molecule has 0 heterocycles. The standard InChI is InChI=1S/C30H50O/c1-25(2)15-16-27(5)17-18-29(7)21-9-10-22-26(3,4)24(31)12-13-28(22,6)20(21)11-14-30(29,8)23(27)19-25/h9,20,22-24,31H,10-19H2,1-8H3/t20-,22-,23+,24-,27+,28+,29+,30-/m0/s1. The van der Waals surface area contributed by atoms with E-state index in [4.69, 9.17) is 0 Å². The molecule has 4 fully saturated rings. The molecule has 0 amide bonds. The third-order valence-corrected chi connectivity index (χ3v) is 13.0. The van der Waals surface area contributed by atoms with E-state index < -0.39 is 0 Å². The van der Waals surface area contributed by atoms with Gasteiger partial charge in [-0.1, -0.05) is 67.0 Å². The Bertz CT molecular complexity index is 790. The van der Waals surface area contributed by atoms with Crippen LogP contribution in [-0.2, 0) is 0 Å². The van der Waals surface area contributed by atoms with Gasteiger partial charge in [-0.2, -0.15) is 0 Å². The van der Waals surface area contributed by atoms with E-state index in [0.29, 0.717) is 33.0 Å². The minimum absolute atomic E-state index is 0.0369. The smallest absolute Gasteiger partial charge is 0.0594 e. The average Bonchev–Trinajstić information content (AvgIpc) is 2.68. The molecule has 0 aromatic carbocycles. The third-order valence-electron chi connectivity index (χ3n) is 13.0. The lowest BCUT2D eigenvalue weighted by Gasteiger charge is -2.71. The summed E-state index contributed by atoms with van der Waals surface area (Å²) in [7, 11) is 0. The van der Waals surface area contributed by atoms with Gasteiger partial charge in [0.05, 0.1) is 6.10 Å². The van der Waals surface area contributed by atoms with E-state index in [2.05, 4.69) is 61.5 Å². The van der Waals surface area contributed by atoms with Crippen LogP contribution in [0.4, 0.5) is 0 Å². The minimum Gasteiger partial charge on any atom is -0.393 e. The zero-order chi connectivity index (χ0) is 22.7. The Kier molecular flexibility index (Phi) is 4.66. The van der Waals surface area contributed by atoms with Gasteiger partial charge in [-0.25, -0.2) is 0 Å². The van der Waals surface area contributed by atoms with Gasteiger partial charge in [0.1, 0.15) is 0 Å². The predicted octanol–water partition coefficient (Wildman–Crippen LogP) is 8.17. The van der Waals surface area contributed by atoms with Crippen molar-refractivity contribution in [2.75, 3.05) is 0 Å². The van der Waals surface area contributed by atoms with E-state index in [1.54, 1.807) is 0 Å². The third kappa shape index (κ3) is 2.77. The maximum absolute atomic E-state index is 10.9. The van der Waals surface area contributed by atoms with E-state index in [-0.39, 0.29) is 11.5 Å². The summed E-state index contributed by atoms with van der Waals surface area (Å²) in [6.45, 7) is 20.5. The van der Waals surface area contributed by atoms with Gasteiger partial charge in [0.2, 0.25) is 0 Å². The highest BCUT2D eigenvalue weighted by atomic mass is 16.3. The molecule has 0 aromatic heterocycles. The lowest BCUT2D eigenvalue weighted by atomic mass is 9.34. The molecule has 0 aliphatic heterocycles. The largest absolute Gasteiger partial charge is 0.393 e. The van der Waals surface area contributed by atoms with Crippen LogP contribution in [0, 0.1) is 50.2 Å². The van der Waals surface area contributed by atoms with Crippen molar-refractivity contribution in [3.05, 3.63) is 11.6 Å². The molecule has 0 spiro atoms. The minimum atomic E-state index is -0.134. The molecule has 0 radical (unpaired) electrons. The Morgan fingerprint density at radius 3 is 2.16 bits per heavy atom. The molecule has 8 atom stereocenters. The molecular formula is C30H50O. The molecule has 5 rings (SSSR count). The Morgan fingerprint density at radius 2 is 1.45 bits per heavy atom. The van der Waals surface area contributed by atoms with Crippen LogP contribution in [0.15, 0.2) is 11.6 Å². The van der Waals surface area contributed by atoms with E-state index >= 15 is 0 Å².